The molecule has 0 saturated heterocycles. The smallest absolute Gasteiger partial charge is 0.119 e. The van der Waals surface area contributed by atoms with E-state index in [-0.39, 0.29) is 0 Å². The standard InChI is InChI=1S/C32H58O/c1-4-7-10-13-16-17-20-23-26-31-30(25-22-19-15-12-9-6-3)29(27-28-32(31)33)24-21-18-14-11-8-5-2/h27-28,33H,4-26H2,1-3H3. The molecule has 0 heterocycles. The van der Waals surface area contributed by atoms with Crippen LogP contribution in [0.2, 0.25) is 0 Å². The Balaban J connectivity index is 2.61. The summed E-state index contributed by atoms with van der Waals surface area (Å²) in [6.07, 6.45) is 30.4. The van der Waals surface area contributed by atoms with Crippen molar-refractivity contribution in [3.63, 3.8) is 0 Å². The summed E-state index contributed by atoms with van der Waals surface area (Å²) in [5, 5.41) is 10.8. The summed E-state index contributed by atoms with van der Waals surface area (Å²) in [4.78, 5) is 0. The van der Waals surface area contributed by atoms with Crippen molar-refractivity contribution in [3.8, 4) is 5.75 Å². The molecule has 0 aliphatic carbocycles. The highest BCUT2D eigenvalue weighted by molar-refractivity contribution is 5.45. The molecule has 1 aromatic carbocycles. The summed E-state index contributed by atoms with van der Waals surface area (Å²) in [7, 11) is 0. The van der Waals surface area contributed by atoms with Crippen molar-refractivity contribution in [2.75, 3.05) is 0 Å². The number of unbranched alkanes of at least 4 members (excludes halogenated alkanes) is 17. The average molecular weight is 459 g/mol. The molecule has 0 aliphatic rings. The van der Waals surface area contributed by atoms with Gasteiger partial charge in [0.25, 0.3) is 0 Å². The highest BCUT2D eigenvalue weighted by atomic mass is 16.3. The second kappa shape index (κ2) is 21.5. The molecule has 0 bridgehead atoms. The van der Waals surface area contributed by atoms with Crippen LogP contribution < -0.4 is 0 Å². The quantitative estimate of drug-likeness (QED) is 0.162. The van der Waals surface area contributed by atoms with Crippen LogP contribution in [0.3, 0.4) is 0 Å². The third kappa shape index (κ3) is 14.8. The maximum absolute atomic E-state index is 10.8. The lowest BCUT2D eigenvalue weighted by atomic mass is 9.89. The minimum absolute atomic E-state index is 0.561. The van der Waals surface area contributed by atoms with E-state index in [4.69, 9.17) is 0 Å². The lowest BCUT2D eigenvalue weighted by Crippen LogP contribution is -2.03. The van der Waals surface area contributed by atoms with Crippen LogP contribution in [0.15, 0.2) is 12.1 Å². The van der Waals surface area contributed by atoms with E-state index in [0.717, 1.165) is 12.8 Å². The van der Waals surface area contributed by atoms with Crippen LogP contribution in [0.4, 0.5) is 0 Å². The summed E-state index contributed by atoms with van der Waals surface area (Å²) >= 11 is 0. The molecule has 33 heavy (non-hydrogen) atoms. The zero-order valence-corrected chi connectivity index (χ0v) is 22.9. The monoisotopic (exact) mass is 458 g/mol. The second-order valence-electron chi connectivity index (χ2n) is 10.5. The number of phenols is 1. The number of hydrogen-bond acceptors (Lipinski definition) is 1. The van der Waals surface area contributed by atoms with E-state index in [1.807, 2.05) is 6.07 Å². The minimum Gasteiger partial charge on any atom is -0.508 e. The molecule has 0 saturated carbocycles. The van der Waals surface area contributed by atoms with Gasteiger partial charge >= 0.3 is 0 Å². The summed E-state index contributed by atoms with van der Waals surface area (Å²) in [5.41, 5.74) is 4.34. The lowest BCUT2D eigenvalue weighted by molar-refractivity contribution is 0.463. The van der Waals surface area contributed by atoms with Crippen LogP contribution in [0, 0.1) is 0 Å². The van der Waals surface area contributed by atoms with Crippen LogP contribution >= 0.6 is 0 Å². The number of phenolic OH excluding ortho intramolecular Hbond substituents is 1. The fourth-order valence-corrected chi connectivity index (χ4v) is 5.17. The van der Waals surface area contributed by atoms with Crippen LogP contribution in [0.1, 0.15) is 166 Å². The van der Waals surface area contributed by atoms with Gasteiger partial charge in [-0.25, -0.2) is 0 Å². The first kappa shape index (κ1) is 30.1. The van der Waals surface area contributed by atoms with E-state index in [1.165, 1.54) is 152 Å². The molecular formula is C32H58O. The summed E-state index contributed by atoms with van der Waals surface area (Å²) in [6.45, 7) is 6.87. The Bertz CT molecular complexity index is 562. The van der Waals surface area contributed by atoms with E-state index in [9.17, 15) is 5.11 Å². The Morgan fingerprint density at radius 1 is 0.424 bits per heavy atom. The fourth-order valence-electron chi connectivity index (χ4n) is 5.17. The summed E-state index contributed by atoms with van der Waals surface area (Å²) in [5.74, 6) is 0.561. The largest absolute Gasteiger partial charge is 0.508 e. The first-order valence-corrected chi connectivity index (χ1v) is 15.1. The van der Waals surface area contributed by atoms with Crippen LogP contribution in [-0.4, -0.2) is 5.11 Å². The summed E-state index contributed by atoms with van der Waals surface area (Å²) < 4.78 is 0. The third-order valence-corrected chi connectivity index (χ3v) is 7.36. The van der Waals surface area contributed by atoms with Gasteiger partial charge in [-0.3, -0.25) is 0 Å². The van der Waals surface area contributed by atoms with Crippen LogP contribution in [0.5, 0.6) is 5.75 Å². The lowest BCUT2D eigenvalue weighted by Gasteiger charge is -2.17. The van der Waals surface area contributed by atoms with Crippen molar-refractivity contribution in [1.82, 2.24) is 0 Å². The van der Waals surface area contributed by atoms with Crippen molar-refractivity contribution >= 4 is 0 Å². The SMILES string of the molecule is CCCCCCCCCCc1c(O)ccc(CCCCCCCC)c1CCCCCCCC. The first-order valence-electron chi connectivity index (χ1n) is 15.1. The van der Waals surface area contributed by atoms with Crippen molar-refractivity contribution in [2.45, 2.75) is 168 Å². The van der Waals surface area contributed by atoms with E-state index in [2.05, 4.69) is 26.8 Å². The minimum atomic E-state index is 0.561. The van der Waals surface area contributed by atoms with Gasteiger partial charge < -0.3 is 5.11 Å². The number of benzene rings is 1. The van der Waals surface area contributed by atoms with Gasteiger partial charge in [-0.15, -0.1) is 0 Å². The van der Waals surface area contributed by atoms with E-state index in [1.54, 1.807) is 0 Å². The van der Waals surface area contributed by atoms with Crippen LogP contribution in [-0.2, 0) is 19.3 Å². The Morgan fingerprint density at radius 2 is 0.788 bits per heavy atom. The van der Waals surface area contributed by atoms with Gasteiger partial charge in [0.1, 0.15) is 5.75 Å². The molecule has 0 aromatic heterocycles. The molecule has 1 nitrogen and oxygen atoms in total. The molecule has 1 rings (SSSR count). The van der Waals surface area contributed by atoms with Crippen molar-refractivity contribution in [3.05, 3.63) is 28.8 Å². The molecule has 1 N–H and O–H groups in total. The molecule has 0 fully saturated rings. The van der Waals surface area contributed by atoms with Crippen molar-refractivity contribution < 1.29 is 5.11 Å². The van der Waals surface area contributed by atoms with Gasteiger partial charge in [0.15, 0.2) is 0 Å². The molecule has 1 aromatic rings. The molecule has 192 valence electrons. The molecule has 0 atom stereocenters. The molecule has 1 heteroatoms. The molecular weight excluding hydrogens is 400 g/mol. The van der Waals surface area contributed by atoms with E-state index < -0.39 is 0 Å². The van der Waals surface area contributed by atoms with Gasteiger partial charge in [-0.2, -0.15) is 0 Å². The molecule has 0 unspecified atom stereocenters. The maximum Gasteiger partial charge on any atom is 0.119 e. The molecule has 0 aliphatic heterocycles. The Kier molecular flexibility index (Phi) is 19.6. The number of aromatic hydroxyl groups is 1. The Morgan fingerprint density at radius 3 is 1.24 bits per heavy atom. The maximum atomic E-state index is 10.8. The van der Waals surface area contributed by atoms with Crippen molar-refractivity contribution in [1.29, 1.82) is 0 Å². The Hall–Kier alpha value is -0.980. The van der Waals surface area contributed by atoms with Crippen LogP contribution in [0.25, 0.3) is 0 Å². The summed E-state index contributed by atoms with van der Waals surface area (Å²) in [6, 6.07) is 4.24. The molecule has 0 amide bonds. The van der Waals surface area contributed by atoms with Gasteiger partial charge in [0.2, 0.25) is 0 Å². The number of rotatable bonds is 23. The normalized spacial score (nSPS) is 11.4. The van der Waals surface area contributed by atoms with Gasteiger partial charge in [0, 0.05) is 0 Å². The third-order valence-electron chi connectivity index (χ3n) is 7.36. The van der Waals surface area contributed by atoms with Gasteiger partial charge in [-0.05, 0) is 61.3 Å². The zero-order valence-electron chi connectivity index (χ0n) is 22.9. The molecule has 0 spiro atoms. The fraction of sp³-hybridized carbons (Fsp3) is 0.812. The van der Waals surface area contributed by atoms with Gasteiger partial charge in [-0.1, -0.05) is 136 Å². The van der Waals surface area contributed by atoms with E-state index in [0.29, 0.717) is 5.75 Å². The predicted octanol–water partition coefficient (Wildman–Crippen LogP) is 10.9. The zero-order chi connectivity index (χ0) is 24.0. The molecule has 0 radical (unpaired) electrons. The highest BCUT2D eigenvalue weighted by Gasteiger charge is 2.13. The predicted molar refractivity (Wildman–Crippen MR) is 149 cm³/mol. The number of hydrogen-bond donors (Lipinski definition) is 1. The topological polar surface area (TPSA) is 20.2 Å². The highest BCUT2D eigenvalue weighted by Crippen LogP contribution is 2.30. The number of aryl methyl sites for hydroxylation is 1. The average Bonchev–Trinajstić information content (AvgIpc) is 2.82. The second-order valence-corrected chi connectivity index (χ2v) is 10.5. The van der Waals surface area contributed by atoms with Gasteiger partial charge in [0.05, 0.1) is 0 Å². The Labute approximate surface area is 208 Å². The van der Waals surface area contributed by atoms with E-state index >= 15 is 0 Å². The first-order chi connectivity index (χ1) is 16.2. The van der Waals surface area contributed by atoms with Crippen molar-refractivity contribution in [2.24, 2.45) is 0 Å².